The molecule has 0 bridgehead atoms. The lowest BCUT2D eigenvalue weighted by molar-refractivity contribution is 0.249. The Balaban J connectivity index is 2.80. The quantitative estimate of drug-likeness (QED) is 0.699. The van der Waals surface area contributed by atoms with E-state index in [9.17, 15) is 5.11 Å². The Hall–Kier alpha value is -1.49. The molecular formula is C11H19N3O2. The largest absolute Gasteiger partial charge is 0.479 e. The number of pyridine rings is 1. The van der Waals surface area contributed by atoms with Crippen LogP contribution >= 0.6 is 0 Å². The summed E-state index contributed by atoms with van der Waals surface area (Å²) in [4.78, 5) is 4.19. The fourth-order valence-electron chi connectivity index (χ4n) is 1.31. The highest BCUT2D eigenvalue weighted by molar-refractivity contribution is 5.53. The number of nitrogen functional groups attached to an aromatic ring is 1. The third-order valence-corrected chi connectivity index (χ3v) is 2.42. The molecule has 0 spiro atoms. The van der Waals surface area contributed by atoms with E-state index in [1.54, 1.807) is 12.1 Å². The van der Waals surface area contributed by atoms with Crippen LogP contribution in [0.3, 0.4) is 0 Å². The maximum absolute atomic E-state index is 9.19. The van der Waals surface area contributed by atoms with Crippen molar-refractivity contribution in [3.8, 4) is 5.88 Å². The molecule has 1 atom stereocenters. The molecule has 0 radical (unpaired) electrons. The van der Waals surface area contributed by atoms with Gasteiger partial charge in [0.25, 0.3) is 0 Å². The Morgan fingerprint density at radius 2 is 2.19 bits per heavy atom. The summed E-state index contributed by atoms with van der Waals surface area (Å²) in [5.74, 6) is 1.36. The Kier molecular flexibility index (Phi) is 4.37. The summed E-state index contributed by atoms with van der Waals surface area (Å²) in [6, 6.07) is 3.46. The van der Waals surface area contributed by atoms with Gasteiger partial charge < -0.3 is 20.9 Å². The van der Waals surface area contributed by atoms with E-state index in [1.807, 2.05) is 13.8 Å². The van der Waals surface area contributed by atoms with Crippen LogP contribution in [0.5, 0.6) is 5.88 Å². The van der Waals surface area contributed by atoms with E-state index in [1.165, 1.54) is 7.11 Å². The molecule has 1 heterocycles. The Labute approximate surface area is 95.6 Å². The number of anilines is 2. The minimum absolute atomic E-state index is 0.0270. The van der Waals surface area contributed by atoms with Crippen LogP contribution in [0.25, 0.3) is 0 Å². The molecule has 0 amide bonds. The van der Waals surface area contributed by atoms with Gasteiger partial charge in [0.15, 0.2) is 0 Å². The number of aromatic nitrogens is 1. The summed E-state index contributed by atoms with van der Waals surface area (Å²) in [7, 11) is 1.52. The topological polar surface area (TPSA) is 80.4 Å². The first-order valence-electron chi connectivity index (χ1n) is 5.26. The molecular weight excluding hydrogens is 206 g/mol. The predicted molar refractivity (Wildman–Crippen MR) is 64.5 cm³/mol. The molecule has 0 aliphatic rings. The van der Waals surface area contributed by atoms with Crippen molar-refractivity contribution >= 4 is 11.5 Å². The zero-order valence-corrected chi connectivity index (χ0v) is 9.90. The molecule has 5 nitrogen and oxygen atoms in total. The third-order valence-electron chi connectivity index (χ3n) is 2.42. The minimum Gasteiger partial charge on any atom is -0.479 e. The van der Waals surface area contributed by atoms with Crippen molar-refractivity contribution in [2.45, 2.75) is 19.9 Å². The number of nitrogens with zero attached hydrogens (tertiary/aromatic N) is 1. The number of rotatable bonds is 5. The second kappa shape index (κ2) is 5.55. The van der Waals surface area contributed by atoms with Crippen LogP contribution in [0.1, 0.15) is 13.8 Å². The van der Waals surface area contributed by atoms with Crippen molar-refractivity contribution in [3.63, 3.8) is 0 Å². The molecule has 16 heavy (non-hydrogen) atoms. The van der Waals surface area contributed by atoms with E-state index < -0.39 is 0 Å². The first-order valence-corrected chi connectivity index (χ1v) is 5.26. The van der Waals surface area contributed by atoms with Crippen molar-refractivity contribution in [3.05, 3.63) is 12.1 Å². The number of hydrogen-bond acceptors (Lipinski definition) is 5. The summed E-state index contributed by atoms with van der Waals surface area (Å²) >= 11 is 0. The minimum atomic E-state index is -0.0270. The number of aliphatic hydroxyl groups is 1. The summed E-state index contributed by atoms with van der Waals surface area (Å²) < 4.78 is 5.02. The molecule has 0 aliphatic carbocycles. The first kappa shape index (κ1) is 12.6. The molecule has 0 saturated heterocycles. The summed E-state index contributed by atoms with van der Waals surface area (Å²) in [5, 5.41) is 12.3. The van der Waals surface area contributed by atoms with Crippen molar-refractivity contribution in [1.82, 2.24) is 4.98 Å². The lowest BCUT2D eigenvalue weighted by atomic mass is 10.1. The van der Waals surface area contributed by atoms with E-state index in [0.717, 1.165) is 0 Å². The van der Waals surface area contributed by atoms with Crippen molar-refractivity contribution in [1.29, 1.82) is 0 Å². The fourth-order valence-corrected chi connectivity index (χ4v) is 1.31. The zero-order valence-electron chi connectivity index (χ0n) is 9.90. The maximum Gasteiger partial charge on any atom is 0.238 e. The lowest BCUT2D eigenvalue weighted by Crippen LogP contribution is -2.29. The number of ether oxygens (including phenoxy) is 1. The van der Waals surface area contributed by atoms with Gasteiger partial charge in [0.2, 0.25) is 5.88 Å². The molecule has 0 unspecified atom stereocenters. The second-order valence-electron chi connectivity index (χ2n) is 3.97. The molecule has 4 N–H and O–H groups in total. The SMILES string of the molecule is COc1nc(N[C@H](CO)C(C)C)ccc1N. The van der Waals surface area contributed by atoms with Gasteiger partial charge in [0, 0.05) is 0 Å². The van der Waals surface area contributed by atoms with Gasteiger partial charge in [-0.1, -0.05) is 13.8 Å². The van der Waals surface area contributed by atoms with Crippen molar-refractivity contribution < 1.29 is 9.84 Å². The van der Waals surface area contributed by atoms with Gasteiger partial charge in [-0.2, -0.15) is 4.98 Å². The number of aliphatic hydroxyl groups excluding tert-OH is 1. The number of hydrogen-bond donors (Lipinski definition) is 3. The van der Waals surface area contributed by atoms with Gasteiger partial charge in [-0.25, -0.2) is 0 Å². The molecule has 0 aliphatic heterocycles. The van der Waals surface area contributed by atoms with Crippen LogP contribution in [-0.2, 0) is 0 Å². The smallest absolute Gasteiger partial charge is 0.238 e. The van der Waals surface area contributed by atoms with Gasteiger partial charge in [0.1, 0.15) is 5.82 Å². The maximum atomic E-state index is 9.19. The van der Waals surface area contributed by atoms with Crippen molar-refractivity contribution in [2.75, 3.05) is 24.8 Å². The van der Waals surface area contributed by atoms with E-state index >= 15 is 0 Å². The predicted octanol–water partition coefficient (Wildman–Crippen LogP) is 1.10. The van der Waals surface area contributed by atoms with E-state index in [2.05, 4.69) is 10.3 Å². The highest BCUT2D eigenvalue weighted by Crippen LogP contribution is 2.21. The normalized spacial score (nSPS) is 12.6. The van der Waals surface area contributed by atoms with E-state index in [4.69, 9.17) is 10.5 Å². The van der Waals surface area contributed by atoms with Gasteiger partial charge in [-0.3, -0.25) is 0 Å². The monoisotopic (exact) mass is 225 g/mol. The standard InChI is InChI=1S/C11H19N3O2/c1-7(2)9(6-15)13-10-5-4-8(12)11(14-10)16-3/h4-5,7,9,15H,6,12H2,1-3H3,(H,13,14)/t9-/m1/s1. The highest BCUT2D eigenvalue weighted by Gasteiger charge is 2.13. The molecule has 0 saturated carbocycles. The van der Waals surface area contributed by atoms with E-state index in [-0.39, 0.29) is 12.6 Å². The zero-order chi connectivity index (χ0) is 12.1. The van der Waals surface area contributed by atoms with Gasteiger partial charge in [-0.15, -0.1) is 0 Å². The van der Waals surface area contributed by atoms with Crippen LogP contribution in [0, 0.1) is 5.92 Å². The molecule has 5 heteroatoms. The summed E-state index contributed by atoms with van der Waals surface area (Å²) in [5.41, 5.74) is 6.16. The van der Waals surface area contributed by atoms with Crippen LogP contribution < -0.4 is 15.8 Å². The molecule has 0 aromatic carbocycles. The first-order chi connectivity index (χ1) is 7.58. The van der Waals surface area contributed by atoms with Crippen LogP contribution in [0.15, 0.2) is 12.1 Å². The lowest BCUT2D eigenvalue weighted by Gasteiger charge is -2.20. The number of nitrogens with two attached hydrogens (primary N) is 1. The van der Waals surface area contributed by atoms with Gasteiger partial charge in [-0.05, 0) is 18.1 Å². The Morgan fingerprint density at radius 3 is 2.69 bits per heavy atom. The van der Waals surface area contributed by atoms with Gasteiger partial charge >= 0.3 is 0 Å². The summed E-state index contributed by atoms with van der Waals surface area (Å²) in [6.45, 7) is 4.12. The van der Waals surface area contributed by atoms with E-state index in [0.29, 0.717) is 23.3 Å². The number of methoxy groups -OCH3 is 1. The molecule has 1 rings (SSSR count). The molecule has 90 valence electrons. The van der Waals surface area contributed by atoms with Crippen LogP contribution in [0.4, 0.5) is 11.5 Å². The van der Waals surface area contributed by atoms with Crippen LogP contribution in [-0.4, -0.2) is 29.8 Å². The number of nitrogens with one attached hydrogen (secondary N) is 1. The average molecular weight is 225 g/mol. The second-order valence-corrected chi connectivity index (χ2v) is 3.97. The Morgan fingerprint density at radius 1 is 1.50 bits per heavy atom. The third kappa shape index (κ3) is 3.00. The molecule has 1 aromatic rings. The Bertz CT molecular complexity index is 342. The summed E-state index contributed by atoms with van der Waals surface area (Å²) in [6.07, 6.45) is 0. The van der Waals surface area contributed by atoms with Crippen molar-refractivity contribution in [2.24, 2.45) is 5.92 Å². The highest BCUT2D eigenvalue weighted by atomic mass is 16.5. The molecule has 1 aromatic heterocycles. The fraction of sp³-hybridized carbons (Fsp3) is 0.545. The van der Waals surface area contributed by atoms with Gasteiger partial charge in [0.05, 0.1) is 25.4 Å². The molecule has 0 fully saturated rings. The van der Waals surface area contributed by atoms with Crippen LogP contribution in [0.2, 0.25) is 0 Å². The average Bonchev–Trinajstić information content (AvgIpc) is 2.27.